The molecule has 0 unspecified atom stereocenters. The zero-order valence-corrected chi connectivity index (χ0v) is 11.5. The summed E-state index contributed by atoms with van der Waals surface area (Å²) >= 11 is 0. The van der Waals surface area contributed by atoms with Crippen LogP contribution >= 0.6 is 0 Å². The van der Waals surface area contributed by atoms with Crippen molar-refractivity contribution < 1.29 is 0 Å². The lowest BCUT2D eigenvalue weighted by Gasteiger charge is -2.05. The third kappa shape index (κ3) is 7.10. The van der Waals surface area contributed by atoms with Gasteiger partial charge in [-0.1, -0.05) is 59.7 Å². The first-order valence-electron chi connectivity index (χ1n) is 5.99. The van der Waals surface area contributed by atoms with Crippen LogP contribution in [0.4, 0.5) is 0 Å². The van der Waals surface area contributed by atoms with Gasteiger partial charge in [0.2, 0.25) is 0 Å². The van der Waals surface area contributed by atoms with Gasteiger partial charge in [0.15, 0.2) is 0 Å². The van der Waals surface area contributed by atoms with Gasteiger partial charge >= 0.3 is 0 Å². The highest BCUT2D eigenvalue weighted by Crippen LogP contribution is 2.09. The summed E-state index contributed by atoms with van der Waals surface area (Å²) in [7, 11) is 0. The Labute approximate surface area is 99.9 Å². The molecule has 0 bridgehead atoms. The molecule has 0 spiro atoms. The van der Waals surface area contributed by atoms with E-state index in [0.717, 1.165) is 0 Å². The number of aromatic nitrogens is 1. The van der Waals surface area contributed by atoms with E-state index in [9.17, 15) is 0 Å². The molecule has 2 aromatic rings. The van der Waals surface area contributed by atoms with E-state index in [1.165, 1.54) is 10.9 Å². The second-order valence-corrected chi connectivity index (χ2v) is 5.06. The molecular weight excluding hydrogens is 194 g/mol. The molecule has 90 valence electrons. The van der Waals surface area contributed by atoms with Crippen molar-refractivity contribution >= 4 is 10.9 Å². The van der Waals surface area contributed by atoms with Gasteiger partial charge in [0.05, 0.1) is 0 Å². The summed E-state index contributed by atoms with van der Waals surface area (Å²) < 4.78 is 0. The summed E-state index contributed by atoms with van der Waals surface area (Å²) in [6.45, 7) is 12.8. The predicted molar refractivity (Wildman–Crippen MR) is 74.8 cm³/mol. The van der Waals surface area contributed by atoms with Crippen molar-refractivity contribution in [3.63, 3.8) is 0 Å². The zero-order chi connectivity index (χ0) is 12.6. The van der Waals surface area contributed by atoms with Gasteiger partial charge in [-0.05, 0) is 22.9 Å². The molecule has 1 heterocycles. The minimum atomic E-state index is 0.500. The molecule has 0 fully saturated rings. The first-order valence-corrected chi connectivity index (χ1v) is 5.99. The molecule has 0 amide bonds. The molecule has 0 atom stereocenters. The topological polar surface area (TPSA) is 15.8 Å². The highest BCUT2D eigenvalue weighted by atomic mass is 14.6. The maximum absolute atomic E-state index is 3.12. The third-order valence-electron chi connectivity index (χ3n) is 1.46. The van der Waals surface area contributed by atoms with Gasteiger partial charge in [0.1, 0.15) is 0 Å². The van der Waals surface area contributed by atoms with E-state index >= 15 is 0 Å². The summed E-state index contributed by atoms with van der Waals surface area (Å²) in [5.74, 6) is 0. The molecule has 0 aliphatic rings. The molecule has 0 saturated carbocycles. The lowest BCUT2D eigenvalue weighted by molar-refractivity contribution is 0.469. The smallest absolute Gasteiger partial charge is 0.0453 e. The van der Waals surface area contributed by atoms with E-state index in [4.69, 9.17) is 0 Å². The van der Waals surface area contributed by atoms with Crippen LogP contribution in [0.15, 0.2) is 36.5 Å². The van der Waals surface area contributed by atoms with Crippen molar-refractivity contribution in [3.05, 3.63) is 36.5 Å². The Hall–Kier alpha value is -1.24. The normalized spacial score (nSPS) is 9.88. The summed E-state index contributed by atoms with van der Waals surface area (Å²) in [5, 5.41) is 1.28. The molecular formula is C15H25N. The van der Waals surface area contributed by atoms with Gasteiger partial charge in [-0.3, -0.25) is 0 Å². The average molecular weight is 219 g/mol. The SMILES string of the molecule is CC.CC(C)(C)C.c1ccc2[nH]ccc2c1. The summed E-state index contributed by atoms with van der Waals surface area (Å²) in [6, 6.07) is 10.3. The highest BCUT2D eigenvalue weighted by molar-refractivity contribution is 5.78. The van der Waals surface area contributed by atoms with Crippen molar-refractivity contribution in [2.45, 2.75) is 41.5 Å². The fourth-order valence-electron chi connectivity index (χ4n) is 0.995. The molecule has 1 N–H and O–H groups in total. The number of nitrogens with one attached hydrogen (secondary N) is 1. The van der Waals surface area contributed by atoms with Gasteiger partial charge in [-0.2, -0.15) is 0 Å². The molecule has 1 heteroatoms. The Morgan fingerprint density at radius 1 is 0.875 bits per heavy atom. The number of hydrogen-bond acceptors (Lipinski definition) is 0. The van der Waals surface area contributed by atoms with Crippen LogP contribution in [-0.2, 0) is 0 Å². The molecule has 0 aliphatic carbocycles. The first-order chi connectivity index (χ1) is 7.47. The van der Waals surface area contributed by atoms with Crippen molar-refractivity contribution in [2.24, 2.45) is 5.41 Å². The van der Waals surface area contributed by atoms with Gasteiger partial charge in [0.25, 0.3) is 0 Å². The Morgan fingerprint density at radius 3 is 1.88 bits per heavy atom. The van der Waals surface area contributed by atoms with Crippen LogP contribution in [0.5, 0.6) is 0 Å². The molecule has 0 saturated heterocycles. The number of aromatic amines is 1. The number of H-pyrrole nitrogens is 1. The van der Waals surface area contributed by atoms with E-state index in [1.54, 1.807) is 0 Å². The van der Waals surface area contributed by atoms with Crippen LogP contribution < -0.4 is 0 Å². The largest absolute Gasteiger partial charge is 0.361 e. The molecule has 0 radical (unpaired) electrons. The van der Waals surface area contributed by atoms with E-state index in [2.05, 4.69) is 50.9 Å². The van der Waals surface area contributed by atoms with Crippen molar-refractivity contribution in [1.29, 1.82) is 0 Å². The molecule has 0 aliphatic heterocycles. The average Bonchev–Trinajstić information content (AvgIpc) is 2.66. The van der Waals surface area contributed by atoms with Gasteiger partial charge < -0.3 is 4.98 Å². The maximum atomic E-state index is 3.12. The Balaban J connectivity index is 0.000000280. The van der Waals surface area contributed by atoms with Crippen LogP contribution in [-0.4, -0.2) is 4.98 Å². The number of fused-ring (bicyclic) bond motifs is 1. The molecule has 1 aromatic carbocycles. The summed E-state index contributed by atoms with van der Waals surface area (Å²) in [6.07, 6.45) is 1.95. The Bertz CT molecular complexity index is 343. The van der Waals surface area contributed by atoms with E-state index < -0.39 is 0 Å². The van der Waals surface area contributed by atoms with E-state index in [0.29, 0.717) is 5.41 Å². The van der Waals surface area contributed by atoms with Crippen LogP contribution in [0.1, 0.15) is 41.5 Å². The van der Waals surface area contributed by atoms with Crippen molar-refractivity contribution in [1.82, 2.24) is 4.98 Å². The van der Waals surface area contributed by atoms with Crippen molar-refractivity contribution in [2.75, 3.05) is 0 Å². The minimum absolute atomic E-state index is 0.500. The van der Waals surface area contributed by atoms with Gasteiger partial charge in [-0.25, -0.2) is 0 Å². The second-order valence-electron chi connectivity index (χ2n) is 5.06. The fraction of sp³-hybridized carbons (Fsp3) is 0.467. The molecule has 16 heavy (non-hydrogen) atoms. The van der Waals surface area contributed by atoms with Crippen molar-refractivity contribution in [3.8, 4) is 0 Å². The lowest BCUT2D eigenvalue weighted by Crippen LogP contribution is -1.93. The summed E-state index contributed by atoms with van der Waals surface area (Å²) in [4.78, 5) is 3.12. The number of para-hydroxylation sites is 1. The zero-order valence-electron chi connectivity index (χ0n) is 11.5. The maximum Gasteiger partial charge on any atom is 0.0453 e. The van der Waals surface area contributed by atoms with Crippen LogP contribution in [0.2, 0.25) is 0 Å². The molecule has 1 aromatic heterocycles. The Kier molecular flexibility index (Phi) is 6.55. The van der Waals surface area contributed by atoms with Crippen LogP contribution in [0, 0.1) is 5.41 Å². The van der Waals surface area contributed by atoms with Crippen LogP contribution in [0.3, 0.4) is 0 Å². The number of benzene rings is 1. The lowest BCUT2D eigenvalue weighted by atomic mass is 10.0. The quantitative estimate of drug-likeness (QED) is 0.623. The summed E-state index contributed by atoms with van der Waals surface area (Å²) in [5.41, 5.74) is 1.71. The highest BCUT2D eigenvalue weighted by Gasteiger charge is 1.95. The fourth-order valence-corrected chi connectivity index (χ4v) is 0.995. The van der Waals surface area contributed by atoms with E-state index in [-0.39, 0.29) is 0 Å². The third-order valence-corrected chi connectivity index (χ3v) is 1.46. The number of hydrogen-bond donors (Lipinski definition) is 1. The first kappa shape index (κ1) is 14.8. The number of rotatable bonds is 0. The van der Waals surface area contributed by atoms with E-state index in [1.807, 2.05) is 32.2 Å². The molecule has 1 nitrogen and oxygen atoms in total. The van der Waals surface area contributed by atoms with Gasteiger partial charge in [0, 0.05) is 11.7 Å². The minimum Gasteiger partial charge on any atom is -0.361 e. The standard InChI is InChI=1S/C8H7N.C5H12.C2H6/c1-2-4-8-7(3-1)5-6-9-8;1-5(2,3)4;1-2/h1-6,9H;1-4H3;1-2H3. The predicted octanol–water partition coefficient (Wildman–Crippen LogP) is 5.25. The second kappa shape index (κ2) is 7.10. The van der Waals surface area contributed by atoms with Crippen LogP contribution in [0.25, 0.3) is 10.9 Å². The Morgan fingerprint density at radius 2 is 1.38 bits per heavy atom. The van der Waals surface area contributed by atoms with Gasteiger partial charge in [-0.15, -0.1) is 0 Å². The monoisotopic (exact) mass is 219 g/mol. The molecule has 2 rings (SSSR count).